The first kappa shape index (κ1) is 16.9. The molecule has 2 aromatic rings. The first-order chi connectivity index (χ1) is 11.7. The Morgan fingerprint density at radius 1 is 0.958 bits per heavy atom. The summed E-state index contributed by atoms with van der Waals surface area (Å²) in [7, 11) is 0. The molecule has 0 bridgehead atoms. The third kappa shape index (κ3) is 3.02. The van der Waals surface area contributed by atoms with Crippen LogP contribution < -0.4 is 0 Å². The van der Waals surface area contributed by atoms with E-state index in [0.29, 0.717) is 25.2 Å². The molecule has 2 unspecified atom stereocenters. The highest BCUT2D eigenvalue weighted by atomic mass is 16.7. The molecule has 24 heavy (non-hydrogen) atoms. The lowest BCUT2D eigenvalue weighted by Gasteiger charge is -2.53. The van der Waals surface area contributed by atoms with Crippen LogP contribution in [0.3, 0.4) is 0 Å². The molecular weight excluding hydrogens is 300 g/mol. The number of ether oxygens (including phenoxy) is 2. The second-order valence-corrected chi connectivity index (χ2v) is 6.11. The summed E-state index contributed by atoms with van der Waals surface area (Å²) in [6.45, 7) is 4.95. The van der Waals surface area contributed by atoms with E-state index in [0.717, 1.165) is 0 Å². The largest absolute Gasteiger partial charge is 0.349 e. The molecule has 3 heteroatoms. The molecule has 1 aliphatic rings. The number of Topliss-reactive ketones (excluding diaryl/α,β-unsaturated/α-hetero) is 1. The van der Waals surface area contributed by atoms with Gasteiger partial charge in [0, 0.05) is 31.1 Å². The summed E-state index contributed by atoms with van der Waals surface area (Å²) in [6, 6.07) is 19.6. The van der Waals surface area contributed by atoms with Gasteiger partial charge in [0.1, 0.15) is 0 Å². The quantitative estimate of drug-likeness (QED) is 0.558. The van der Waals surface area contributed by atoms with Crippen molar-refractivity contribution >= 4 is 5.78 Å². The van der Waals surface area contributed by atoms with Gasteiger partial charge in [-0.1, -0.05) is 60.7 Å². The SMILES string of the molecule is CCOC1(OCC)CC(c2ccccc2)C1C(=O)c1ccccc1. The standard InChI is InChI=1S/C21H24O3/c1-3-23-21(24-4-2)15-18(16-11-7-5-8-12-16)19(21)20(22)17-13-9-6-10-14-17/h5-14,18-19H,3-4,15H2,1-2H3. The number of rotatable bonds is 7. The predicted molar refractivity (Wildman–Crippen MR) is 94.0 cm³/mol. The van der Waals surface area contributed by atoms with Gasteiger partial charge in [-0.2, -0.15) is 0 Å². The van der Waals surface area contributed by atoms with Crippen molar-refractivity contribution in [1.82, 2.24) is 0 Å². The number of benzene rings is 2. The molecule has 0 spiro atoms. The first-order valence-corrected chi connectivity index (χ1v) is 8.64. The summed E-state index contributed by atoms with van der Waals surface area (Å²) in [6.07, 6.45) is 0.710. The van der Waals surface area contributed by atoms with Gasteiger partial charge in [-0.3, -0.25) is 4.79 Å². The van der Waals surface area contributed by atoms with Crippen molar-refractivity contribution in [3.05, 3.63) is 71.8 Å². The molecule has 0 heterocycles. The van der Waals surface area contributed by atoms with Crippen molar-refractivity contribution in [1.29, 1.82) is 0 Å². The van der Waals surface area contributed by atoms with E-state index in [1.807, 2.05) is 62.4 Å². The maximum Gasteiger partial charge on any atom is 0.179 e. The van der Waals surface area contributed by atoms with Crippen molar-refractivity contribution in [3.63, 3.8) is 0 Å². The third-order valence-corrected chi connectivity index (χ3v) is 4.73. The number of hydrogen-bond donors (Lipinski definition) is 0. The Balaban J connectivity index is 1.96. The van der Waals surface area contributed by atoms with E-state index in [-0.39, 0.29) is 17.6 Å². The topological polar surface area (TPSA) is 35.5 Å². The minimum absolute atomic E-state index is 0.0950. The maximum atomic E-state index is 13.2. The fourth-order valence-corrected chi connectivity index (χ4v) is 3.70. The lowest BCUT2D eigenvalue weighted by Crippen LogP contribution is -2.59. The Kier molecular flexibility index (Phi) is 5.12. The van der Waals surface area contributed by atoms with E-state index in [1.54, 1.807) is 0 Å². The smallest absolute Gasteiger partial charge is 0.179 e. The number of ketones is 1. The Morgan fingerprint density at radius 3 is 2.04 bits per heavy atom. The molecule has 0 N–H and O–H groups in total. The molecule has 1 saturated carbocycles. The predicted octanol–water partition coefficient (Wildman–Crippen LogP) is 4.44. The molecule has 0 aliphatic heterocycles. The van der Waals surface area contributed by atoms with E-state index in [1.165, 1.54) is 5.56 Å². The molecule has 0 amide bonds. The van der Waals surface area contributed by atoms with Gasteiger partial charge in [0.05, 0.1) is 5.92 Å². The van der Waals surface area contributed by atoms with Crippen molar-refractivity contribution in [2.75, 3.05) is 13.2 Å². The Morgan fingerprint density at radius 2 is 1.50 bits per heavy atom. The normalized spacial score (nSPS) is 21.9. The van der Waals surface area contributed by atoms with Crippen molar-refractivity contribution < 1.29 is 14.3 Å². The molecule has 0 saturated heterocycles. The van der Waals surface area contributed by atoms with Crippen LogP contribution in [0.2, 0.25) is 0 Å². The van der Waals surface area contributed by atoms with Gasteiger partial charge in [-0.25, -0.2) is 0 Å². The molecule has 3 nitrogen and oxygen atoms in total. The molecule has 1 fully saturated rings. The second-order valence-electron chi connectivity index (χ2n) is 6.11. The fourth-order valence-electron chi connectivity index (χ4n) is 3.70. The summed E-state index contributed by atoms with van der Waals surface area (Å²) >= 11 is 0. The third-order valence-electron chi connectivity index (χ3n) is 4.73. The van der Waals surface area contributed by atoms with Crippen LogP contribution in [0.4, 0.5) is 0 Å². The van der Waals surface area contributed by atoms with Crippen LogP contribution >= 0.6 is 0 Å². The summed E-state index contributed by atoms with van der Waals surface area (Å²) in [5.74, 6) is -0.909. The van der Waals surface area contributed by atoms with Crippen LogP contribution in [0.5, 0.6) is 0 Å². The van der Waals surface area contributed by atoms with Crippen LogP contribution in [0, 0.1) is 5.92 Å². The number of carbonyl (C=O) groups excluding carboxylic acids is 1. The van der Waals surface area contributed by atoms with Crippen molar-refractivity contribution in [3.8, 4) is 0 Å². The van der Waals surface area contributed by atoms with Crippen LogP contribution in [-0.4, -0.2) is 24.8 Å². The molecule has 0 aromatic heterocycles. The van der Waals surface area contributed by atoms with Crippen LogP contribution in [-0.2, 0) is 9.47 Å². The van der Waals surface area contributed by atoms with Crippen LogP contribution in [0.15, 0.2) is 60.7 Å². The highest BCUT2D eigenvalue weighted by Gasteiger charge is 2.59. The van der Waals surface area contributed by atoms with E-state index < -0.39 is 5.79 Å². The Labute approximate surface area is 143 Å². The number of carbonyl (C=O) groups is 1. The number of hydrogen-bond acceptors (Lipinski definition) is 3. The molecule has 1 aliphatic carbocycles. The molecule has 126 valence electrons. The van der Waals surface area contributed by atoms with Gasteiger partial charge in [0.15, 0.2) is 11.6 Å². The lowest BCUT2D eigenvalue weighted by atomic mass is 9.62. The zero-order valence-electron chi connectivity index (χ0n) is 14.3. The average molecular weight is 324 g/mol. The monoisotopic (exact) mass is 324 g/mol. The minimum Gasteiger partial charge on any atom is -0.349 e. The van der Waals surface area contributed by atoms with Crippen LogP contribution in [0.25, 0.3) is 0 Å². The summed E-state index contributed by atoms with van der Waals surface area (Å²) in [5.41, 5.74) is 1.88. The summed E-state index contributed by atoms with van der Waals surface area (Å²) < 4.78 is 11.9. The highest BCUT2D eigenvalue weighted by molar-refractivity contribution is 5.99. The minimum atomic E-state index is -0.809. The van der Waals surface area contributed by atoms with Crippen molar-refractivity contribution in [2.24, 2.45) is 5.92 Å². The van der Waals surface area contributed by atoms with Gasteiger partial charge < -0.3 is 9.47 Å². The molecule has 2 atom stereocenters. The molecule has 2 aromatic carbocycles. The van der Waals surface area contributed by atoms with E-state index in [2.05, 4.69) is 12.1 Å². The molecule has 3 rings (SSSR count). The Bertz CT molecular complexity index is 660. The van der Waals surface area contributed by atoms with Crippen LogP contribution in [0.1, 0.15) is 42.1 Å². The summed E-state index contributed by atoms with van der Waals surface area (Å²) in [5, 5.41) is 0. The van der Waals surface area contributed by atoms with Gasteiger partial charge >= 0.3 is 0 Å². The molecule has 0 radical (unpaired) electrons. The zero-order chi connectivity index (χ0) is 17.0. The van der Waals surface area contributed by atoms with Crippen molar-refractivity contribution in [2.45, 2.75) is 32.0 Å². The second kappa shape index (κ2) is 7.29. The van der Waals surface area contributed by atoms with Gasteiger partial charge in [0.2, 0.25) is 0 Å². The van der Waals surface area contributed by atoms with Gasteiger partial charge in [-0.05, 0) is 19.4 Å². The van der Waals surface area contributed by atoms with E-state index in [4.69, 9.17) is 9.47 Å². The Hall–Kier alpha value is -1.97. The zero-order valence-corrected chi connectivity index (χ0v) is 14.3. The lowest BCUT2D eigenvalue weighted by molar-refractivity contribution is -0.302. The van der Waals surface area contributed by atoms with E-state index >= 15 is 0 Å². The first-order valence-electron chi connectivity index (χ1n) is 8.64. The van der Waals surface area contributed by atoms with E-state index in [9.17, 15) is 4.79 Å². The average Bonchev–Trinajstić information content (AvgIpc) is 2.61. The maximum absolute atomic E-state index is 13.2. The van der Waals surface area contributed by atoms with Gasteiger partial charge in [0.25, 0.3) is 0 Å². The fraction of sp³-hybridized carbons (Fsp3) is 0.381. The highest BCUT2D eigenvalue weighted by Crippen LogP contribution is 2.54. The molecular formula is C21H24O3. The summed E-state index contributed by atoms with van der Waals surface area (Å²) in [4.78, 5) is 13.2. The van der Waals surface area contributed by atoms with Gasteiger partial charge in [-0.15, -0.1) is 0 Å².